The summed E-state index contributed by atoms with van der Waals surface area (Å²) in [5.41, 5.74) is 0.364. The smallest absolute Gasteiger partial charge is 0.333 e. The fourth-order valence-electron chi connectivity index (χ4n) is 1.29. The molecule has 5 heteroatoms. The molecule has 0 aromatic rings. The fraction of sp³-hybridized carbons (Fsp3) is 0.727. The summed E-state index contributed by atoms with van der Waals surface area (Å²) in [7, 11) is 0. The number of carbonyl (C=O) groups excluding carboxylic acids is 1. The van der Waals surface area contributed by atoms with Gasteiger partial charge in [0.2, 0.25) is 0 Å². The Balaban J connectivity index is 2.38. The SMILES string of the molecule is C=C(C)C(=O)OCC(OCC)C1OCCO1. The van der Waals surface area contributed by atoms with Gasteiger partial charge in [-0.1, -0.05) is 6.58 Å². The molecule has 0 spiro atoms. The van der Waals surface area contributed by atoms with Gasteiger partial charge in [-0.3, -0.25) is 0 Å². The molecule has 0 radical (unpaired) electrons. The van der Waals surface area contributed by atoms with E-state index < -0.39 is 12.3 Å². The lowest BCUT2D eigenvalue weighted by atomic mass is 10.3. The molecule has 0 aromatic carbocycles. The van der Waals surface area contributed by atoms with Gasteiger partial charge in [-0.25, -0.2) is 4.79 Å². The summed E-state index contributed by atoms with van der Waals surface area (Å²) in [5, 5.41) is 0. The summed E-state index contributed by atoms with van der Waals surface area (Å²) in [5.74, 6) is -0.428. The normalized spacial score (nSPS) is 18.4. The van der Waals surface area contributed by atoms with Crippen LogP contribution in [0.25, 0.3) is 0 Å². The Labute approximate surface area is 95.3 Å². The van der Waals surface area contributed by atoms with Crippen molar-refractivity contribution in [2.24, 2.45) is 0 Å². The largest absolute Gasteiger partial charge is 0.459 e. The quantitative estimate of drug-likeness (QED) is 0.501. The van der Waals surface area contributed by atoms with Crippen LogP contribution in [-0.2, 0) is 23.7 Å². The zero-order valence-corrected chi connectivity index (χ0v) is 9.73. The highest BCUT2D eigenvalue weighted by molar-refractivity contribution is 5.86. The van der Waals surface area contributed by atoms with Crippen LogP contribution in [0.4, 0.5) is 0 Å². The molecule has 1 unspecified atom stereocenters. The van der Waals surface area contributed by atoms with Crippen LogP contribution in [0.5, 0.6) is 0 Å². The van der Waals surface area contributed by atoms with E-state index in [1.165, 1.54) is 0 Å². The lowest BCUT2D eigenvalue weighted by molar-refractivity contribution is -0.170. The average Bonchev–Trinajstić information content (AvgIpc) is 2.76. The molecule has 1 saturated heterocycles. The highest BCUT2D eigenvalue weighted by atomic mass is 16.7. The van der Waals surface area contributed by atoms with Gasteiger partial charge in [0.25, 0.3) is 0 Å². The van der Waals surface area contributed by atoms with Gasteiger partial charge >= 0.3 is 5.97 Å². The maximum Gasteiger partial charge on any atom is 0.333 e. The summed E-state index contributed by atoms with van der Waals surface area (Å²) in [4.78, 5) is 11.2. The third-order valence-electron chi connectivity index (χ3n) is 2.06. The Morgan fingerprint density at radius 2 is 2.12 bits per heavy atom. The Kier molecular flexibility index (Phi) is 5.45. The first-order valence-electron chi connectivity index (χ1n) is 5.32. The second-order valence-electron chi connectivity index (χ2n) is 3.48. The summed E-state index contributed by atoms with van der Waals surface area (Å²) in [6.45, 7) is 8.68. The summed E-state index contributed by atoms with van der Waals surface area (Å²) in [6, 6.07) is 0. The monoisotopic (exact) mass is 230 g/mol. The van der Waals surface area contributed by atoms with Crippen molar-refractivity contribution in [1.82, 2.24) is 0 Å². The van der Waals surface area contributed by atoms with Gasteiger partial charge in [-0.05, 0) is 13.8 Å². The van der Waals surface area contributed by atoms with Gasteiger partial charge in [0.1, 0.15) is 12.7 Å². The molecular formula is C11H18O5. The summed E-state index contributed by atoms with van der Waals surface area (Å²) < 4.78 is 21.0. The molecule has 1 heterocycles. The zero-order valence-electron chi connectivity index (χ0n) is 9.73. The van der Waals surface area contributed by atoms with Gasteiger partial charge in [0.05, 0.1) is 13.2 Å². The molecule has 5 nitrogen and oxygen atoms in total. The molecule has 0 aliphatic carbocycles. The molecular weight excluding hydrogens is 212 g/mol. The Bertz CT molecular complexity index is 245. The molecule has 0 amide bonds. The first kappa shape index (κ1) is 13.2. The molecule has 1 atom stereocenters. The predicted octanol–water partition coefficient (Wildman–Crippen LogP) is 0.884. The van der Waals surface area contributed by atoms with Crippen molar-refractivity contribution in [3.05, 3.63) is 12.2 Å². The Hall–Kier alpha value is -0.910. The van der Waals surface area contributed by atoms with E-state index >= 15 is 0 Å². The lowest BCUT2D eigenvalue weighted by Gasteiger charge is -2.21. The highest BCUT2D eigenvalue weighted by Crippen LogP contribution is 2.12. The van der Waals surface area contributed by atoms with E-state index in [-0.39, 0.29) is 12.7 Å². The highest BCUT2D eigenvalue weighted by Gasteiger charge is 2.28. The molecule has 16 heavy (non-hydrogen) atoms. The number of rotatable bonds is 6. The average molecular weight is 230 g/mol. The molecule has 0 aromatic heterocycles. The predicted molar refractivity (Wildman–Crippen MR) is 56.9 cm³/mol. The second kappa shape index (κ2) is 6.62. The number of hydrogen-bond acceptors (Lipinski definition) is 5. The van der Waals surface area contributed by atoms with E-state index in [9.17, 15) is 4.79 Å². The van der Waals surface area contributed by atoms with Crippen molar-refractivity contribution in [3.63, 3.8) is 0 Å². The minimum absolute atomic E-state index is 0.115. The maximum atomic E-state index is 11.2. The zero-order chi connectivity index (χ0) is 12.0. The van der Waals surface area contributed by atoms with Crippen molar-refractivity contribution in [1.29, 1.82) is 0 Å². The van der Waals surface area contributed by atoms with Crippen LogP contribution >= 0.6 is 0 Å². The van der Waals surface area contributed by atoms with Gasteiger partial charge < -0.3 is 18.9 Å². The third-order valence-corrected chi connectivity index (χ3v) is 2.06. The molecule has 1 fully saturated rings. The van der Waals surface area contributed by atoms with E-state index in [2.05, 4.69) is 6.58 Å². The van der Waals surface area contributed by atoms with Gasteiger partial charge in [0.15, 0.2) is 6.29 Å². The molecule has 0 bridgehead atoms. The van der Waals surface area contributed by atoms with E-state index in [4.69, 9.17) is 18.9 Å². The van der Waals surface area contributed by atoms with Crippen LogP contribution < -0.4 is 0 Å². The molecule has 1 aliphatic heterocycles. The van der Waals surface area contributed by atoms with E-state index in [1.54, 1.807) is 6.92 Å². The molecule has 1 aliphatic rings. The number of carbonyl (C=O) groups is 1. The van der Waals surface area contributed by atoms with E-state index in [0.717, 1.165) is 0 Å². The van der Waals surface area contributed by atoms with Gasteiger partial charge in [0, 0.05) is 12.2 Å². The van der Waals surface area contributed by atoms with Gasteiger partial charge in [-0.15, -0.1) is 0 Å². The van der Waals surface area contributed by atoms with Crippen LogP contribution in [0.2, 0.25) is 0 Å². The standard InChI is InChI=1S/C11H18O5/c1-4-13-9(11-14-5-6-15-11)7-16-10(12)8(2)3/h9,11H,2,4-7H2,1,3H3. The van der Waals surface area contributed by atoms with Crippen LogP contribution in [0, 0.1) is 0 Å². The third kappa shape index (κ3) is 3.92. The first-order valence-corrected chi connectivity index (χ1v) is 5.32. The van der Waals surface area contributed by atoms with E-state index in [0.29, 0.717) is 25.4 Å². The van der Waals surface area contributed by atoms with E-state index in [1.807, 2.05) is 6.92 Å². The molecule has 0 saturated carbocycles. The Morgan fingerprint density at radius 1 is 1.50 bits per heavy atom. The lowest BCUT2D eigenvalue weighted by Crippen LogP contribution is -2.35. The topological polar surface area (TPSA) is 54.0 Å². The maximum absolute atomic E-state index is 11.2. The minimum Gasteiger partial charge on any atom is -0.459 e. The van der Waals surface area contributed by atoms with Crippen LogP contribution in [0.1, 0.15) is 13.8 Å². The van der Waals surface area contributed by atoms with Crippen LogP contribution in [0.15, 0.2) is 12.2 Å². The van der Waals surface area contributed by atoms with Crippen molar-refractivity contribution in [2.45, 2.75) is 26.2 Å². The summed E-state index contributed by atoms with van der Waals surface area (Å²) >= 11 is 0. The van der Waals surface area contributed by atoms with Crippen molar-refractivity contribution >= 4 is 5.97 Å². The number of esters is 1. The van der Waals surface area contributed by atoms with Crippen LogP contribution in [0.3, 0.4) is 0 Å². The number of ether oxygens (including phenoxy) is 4. The number of hydrogen-bond donors (Lipinski definition) is 0. The first-order chi connectivity index (χ1) is 7.65. The Morgan fingerprint density at radius 3 is 2.62 bits per heavy atom. The van der Waals surface area contributed by atoms with Crippen molar-refractivity contribution < 1.29 is 23.7 Å². The van der Waals surface area contributed by atoms with Gasteiger partial charge in [-0.2, -0.15) is 0 Å². The molecule has 0 N–H and O–H groups in total. The molecule has 92 valence electrons. The second-order valence-corrected chi connectivity index (χ2v) is 3.48. The fourth-order valence-corrected chi connectivity index (χ4v) is 1.29. The summed E-state index contributed by atoms with van der Waals surface area (Å²) in [6.07, 6.45) is -0.825. The minimum atomic E-state index is -0.446. The van der Waals surface area contributed by atoms with Crippen molar-refractivity contribution in [2.75, 3.05) is 26.4 Å². The van der Waals surface area contributed by atoms with Crippen molar-refractivity contribution in [3.8, 4) is 0 Å². The molecule has 1 rings (SSSR count). The van der Waals surface area contributed by atoms with Crippen LogP contribution in [-0.4, -0.2) is 44.8 Å².